The van der Waals surface area contributed by atoms with E-state index in [9.17, 15) is 9.59 Å². The number of amides is 2. The van der Waals surface area contributed by atoms with Crippen LogP contribution in [0.25, 0.3) is 0 Å². The minimum absolute atomic E-state index is 0.0973. The third-order valence-corrected chi connectivity index (χ3v) is 4.60. The van der Waals surface area contributed by atoms with Crippen molar-refractivity contribution in [1.82, 2.24) is 4.90 Å². The lowest BCUT2D eigenvalue weighted by molar-refractivity contribution is -0.141. The van der Waals surface area contributed by atoms with Crippen molar-refractivity contribution in [2.24, 2.45) is 11.7 Å². The Kier molecular flexibility index (Phi) is 5.71. The standard InChI is InChI=1S/C16H22N2O3S/c1-11(21-13-5-7-14(22-2)8-6-13)16(20)18-9-3-4-12(10-18)15(17)19/h5-8,11-12H,3-4,9-10H2,1-2H3,(H2,17,19). The van der Waals surface area contributed by atoms with E-state index in [0.29, 0.717) is 18.8 Å². The SMILES string of the molecule is CSc1ccc(OC(C)C(=O)N2CCCC(C(N)=O)C2)cc1. The maximum absolute atomic E-state index is 12.4. The zero-order valence-corrected chi connectivity index (χ0v) is 13.8. The topological polar surface area (TPSA) is 72.6 Å². The highest BCUT2D eigenvalue weighted by atomic mass is 32.2. The Hall–Kier alpha value is -1.69. The molecule has 2 rings (SSSR count). The molecule has 1 aliphatic heterocycles. The van der Waals surface area contributed by atoms with E-state index in [1.807, 2.05) is 30.5 Å². The van der Waals surface area contributed by atoms with Crippen LogP contribution < -0.4 is 10.5 Å². The molecule has 120 valence electrons. The molecule has 0 saturated carbocycles. The zero-order chi connectivity index (χ0) is 16.1. The van der Waals surface area contributed by atoms with Crippen molar-refractivity contribution >= 4 is 23.6 Å². The number of nitrogens with zero attached hydrogens (tertiary/aromatic N) is 1. The Bertz CT molecular complexity index is 533. The van der Waals surface area contributed by atoms with Crippen LogP contribution in [-0.2, 0) is 9.59 Å². The Morgan fingerprint density at radius 1 is 1.36 bits per heavy atom. The zero-order valence-electron chi connectivity index (χ0n) is 13.0. The first-order valence-electron chi connectivity index (χ1n) is 7.40. The van der Waals surface area contributed by atoms with Gasteiger partial charge in [-0.3, -0.25) is 9.59 Å². The second kappa shape index (κ2) is 7.54. The Balaban J connectivity index is 1.94. The summed E-state index contributed by atoms with van der Waals surface area (Å²) in [5.74, 6) is -0.00788. The minimum Gasteiger partial charge on any atom is -0.481 e. The number of hydrogen-bond donors (Lipinski definition) is 1. The third kappa shape index (κ3) is 4.16. The molecule has 2 amide bonds. The van der Waals surface area contributed by atoms with Crippen LogP contribution in [-0.4, -0.2) is 42.2 Å². The molecule has 1 fully saturated rings. The number of nitrogens with two attached hydrogens (primary N) is 1. The molecule has 2 unspecified atom stereocenters. The summed E-state index contributed by atoms with van der Waals surface area (Å²) >= 11 is 1.65. The average molecular weight is 322 g/mol. The van der Waals surface area contributed by atoms with E-state index in [2.05, 4.69) is 0 Å². The molecule has 0 spiro atoms. The maximum atomic E-state index is 12.4. The van der Waals surface area contributed by atoms with Gasteiger partial charge in [0.15, 0.2) is 6.10 Å². The van der Waals surface area contributed by atoms with Gasteiger partial charge in [0.2, 0.25) is 5.91 Å². The summed E-state index contributed by atoms with van der Waals surface area (Å²) in [6.45, 7) is 2.79. The molecule has 6 heteroatoms. The molecule has 0 aliphatic carbocycles. The van der Waals surface area contributed by atoms with E-state index < -0.39 is 6.10 Å². The Morgan fingerprint density at radius 2 is 2.05 bits per heavy atom. The van der Waals surface area contributed by atoms with Gasteiger partial charge < -0.3 is 15.4 Å². The molecule has 22 heavy (non-hydrogen) atoms. The van der Waals surface area contributed by atoms with Crippen LogP contribution in [0.2, 0.25) is 0 Å². The van der Waals surface area contributed by atoms with Gasteiger partial charge in [0.25, 0.3) is 5.91 Å². The lowest BCUT2D eigenvalue weighted by Gasteiger charge is -2.32. The molecule has 0 radical (unpaired) electrons. The predicted molar refractivity (Wildman–Crippen MR) is 86.8 cm³/mol. The quantitative estimate of drug-likeness (QED) is 0.840. The number of hydrogen-bond acceptors (Lipinski definition) is 4. The molecule has 2 atom stereocenters. The fourth-order valence-corrected chi connectivity index (χ4v) is 2.98. The highest BCUT2D eigenvalue weighted by Gasteiger charge is 2.30. The summed E-state index contributed by atoms with van der Waals surface area (Å²) in [5.41, 5.74) is 5.35. The molecular formula is C16H22N2O3S. The van der Waals surface area contributed by atoms with E-state index in [0.717, 1.165) is 17.7 Å². The van der Waals surface area contributed by atoms with E-state index in [1.54, 1.807) is 23.6 Å². The number of likely N-dealkylation sites (tertiary alicyclic amines) is 1. The van der Waals surface area contributed by atoms with E-state index in [4.69, 9.17) is 10.5 Å². The largest absolute Gasteiger partial charge is 0.481 e. The van der Waals surface area contributed by atoms with E-state index in [1.165, 1.54) is 0 Å². The Labute approximate surface area is 135 Å². The first kappa shape index (κ1) is 16.7. The summed E-state index contributed by atoms with van der Waals surface area (Å²) in [6, 6.07) is 7.64. The van der Waals surface area contributed by atoms with Crippen molar-refractivity contribution in [2.45, 2.75) is 30.8 Å². The maximum Gasteiger partial charge on any atom is 0.263 e. The predicted octanol–water partition coefficient (Wildman–Crippen LogP) is 1.90. The molecule has 1 aromatic rings. The molecule has 5 nitrogen and oxygen atoms in total. The number of rotatable bonds is 5. The number of benzene rings is 1. The molecular weight excluding hydrogens is 300 g/mol. The van der Waals surface area contributed by atoms with Gasteiger partial charge in [0.1, 0.15) is 5.75 Å². The average Bonchev–Trinajstić information content (AvgIpc) is 2.54. The fourth-order valence-electron chi connectivity index (χ4n) is 2.58. The van der Waals surface area contributed by atoms with Crippen molar-refractivity contribution < 1.29 is 14.3 Å². The summed E-state index contributed by atoms with van der Waals surface area (Å²) in [6.07, 6.45) is 2.98. The number of thioether (sulfide) groups is 1. The lowest BCUT2D eigenvalue weighted by atomic mass is 9.97. The molecule has 1 saturated heterocycles. The normalized spacial score (nSPS) is 19.5. The molecule has 0 aromatic heterocycles. The first-order chi connectivity index (χ1) is 10.5. The monoisotopic (exact) mass is 322 g/mol. The minimum atomic E-state index is -0.577. The first-order valence-corrected chi connectivity index (χ1v) is 8.62. The molecule has 1 heterocycles. The van der Waals surface area contributed by atoms with Gasteiger partial charge in [0, 0.05) is 18.0 Å². The van der Waals surface area contributed by atoms with Crippen molar-refractivity contribution in [3.05, 3.63) is 24.3 Å². The number of carbonyl (C=O) groups is 2. The molecule has 0 bridgehead atoms. The van der Waals surface area contributed by atoms with Crippen LogP contribution in [0.4, 0.5) is 0 Å². The van der Waals surface area contributed by atoms with E-state index in [-0.39, 0.29) is 17.7 Å². The van der Waals surface area contributed by atoms with Gasteiger partial charge in [0.05, 0.1) is 5.92 Å². The van der Waals surface area contributed by atoms with Crippen molar-refractivity contribution in [3.63, 3.8) is 0 Å². The Morgan fingerprint density at radius 3 is 2.64 bits per heavy atom. The van der Waals surface area contributed by atoms with Gasteiger partial charge in [-0.05, 0) is 50.3 Å². The number of piperidine rings is 1. The fraction of sp³-hybridized carbons (Fsp3) is 0.500. The van der Waals surface area contributed by atoms with Crippen molar-refractivity contribution in [1.29, 1.82) is 0 Å². The van der Waals surface area contributed by atoms with Crippen LogP contribution >= 0.6 is 11.8 Å². The third-order valence-electron chi connectivity index (χ3n) is 3.86. The second-order valence-electron chi connectivity index (χ2n) is 5.46. The van der Waals surface area contributed by atoms with Crippen LogP contribution in [0, 0.1) is 5.92 Å². The van der Waals surface area contributed by atoms with Gasteiger partial charge in [-0.2, -0.15) is 0 Å². The highest BCUT2D eigenvalue weighted by Crippen LogP contribution is 2.21. The lowest BCUT2D eigenvalue weighted by Crippen LogP contribution is -2.48. The molecule has 2 N–H and O–H groups in total. The van der Waals surface area contributed by atoms with Crippen LogP contribution in [0.1, 0.15) is 19.8 Å². The van der Waals surface area contributed by atoms with Gasteiger partial charge in [-0.25, -0.2) is 0 Å². The summed E-state index contributed by atoms with van der Waals surface area (Å²) in [4.78, 5) is 26.6. The van der Waals surface area contributed by atoms with Gasteiger partial charge in [-0.1, -0.05) is 0 Å². The van der Waals surface area contributed by atoms with Gasteiger partial charge >= 0.3 is 0 Å². The van der Waals surface area contributed by atoms with Crippen LogP contribution in [0.5, 0.6) is 5.75 Å². The van der Waals surface area contributed by atoms with Gasteiger partial charge in [-0.15, -0.1) is 11.8 Å². The second-order valence-corrected chi connectivity index (χ2v) is 6.34. The number of ether oxygens (including phenoxy) is 1. The van der Waals surface area contributed by atoms with Crippen LogP contribution in [0.15, 0.2) is 29.2 Å². The van der Waals surface area contributed by atoms with Crippen molar-refractivity contribution in [2.75, 3.05) is 19.3 Å². The number of carbonyl (C=O) groups excluding carboxylic acids is 2. The summed E-state index contributed by atoms with van der Waals surface area (Å²) in [7, 11) is 0. The number of primary amides is 1. The highest BCUT2D eigenvalue weighted by molar-refractivity contribution is 7.98. The molecule has 1 aromatic carbocycles. The summed E-state index contributed by atoms with van der Waals surface area (Å²) < 4.78 is 5.71. The van der Waals surface area contributed by atoms with Crippen LogP contribution in [0.3, 0.4) is 0 Å². The summed E-state index contributed by atoms with van der Waals surface area (Å²) in [5, 5.41) is 0. The van der Waals surface area contributed by atoms with E-state index >= 15 is 0 Å². The van der Waals surface area contributed by atoms with Crippen molar-refractivity contribution in [3.8, 4) is 5.75 Å². The smallest absolute Gasteiger partial charge is 0.263 e. The molecule has 1 aliphatic rings.